The Labute approximate surface area is 157 Å². The largest absolute Gasteiger partial charge is 0.368 e. The molecule has 4 aromatic rings. The maximum Gasteiger partial charge on any atom is 0.130 e. The number of rotatable bonds is 6. The Balaban J connectivity index is 1.46. The molecule has 0 saturated heterocycles. The van der Waals surface area contributed by atoms with Crippen molar-refractivity contribution >= 4 is 28.1 Å². The summed E-state index contributed by atoms with van der Waals surface area (Å²) >= 11 is 1.74. The van der Waals surface area contributed by atoms with Crippen molar-refractivity contribution in [2.75, 3.05) is 11.9 Å². The Bertz CT molecular complexity index is 1030. The fourth-order valence-electron chi connectivity index (χ4n) is 3.22. The SMILES string of the molecule is CCc1csc(-c2cc(NCCn3c(C)cc4ccccc43)ncn2)c1. The van der Waals surface area contributed by atoms with Gasteiger partial charge in [-0.05, 0) is 47.9 Å². The second-order valence-electron chi connectivity index (χ2n) is 6.38. The fraction of sp³-hybridized carbons (Fsp3) is 0.238. The molecule has 0 unspecified atom stereocenters. The molecule has 0 atom stereocenters. The minimum atomic E-state index is 0.820. The molecule has 0 spiro atoms. The highest BCUT2D eigenvalue weighted by atomic mass is 32.1. The molecule has 0 bridgehead atoms. The molecule has 3 aromatic heterocycles. The molecule has 0 aliphatic heterocycles. The number of thiophene rings is 1. The topological polar surface area (TPSA) is 42.7 Å². The molecule has 3 heterocycles. The highest BCUT2D eigenvalue weighted by Gasteiger charge is 2.07. The third-order valence-corrected chi connectivity index (χ3v) is 5.64. The summed E-state index contributed by atoms with van der Waals surface area (Å²) in [7, 11) is 0. The lowest BCUT2D eigenvalue weighted by molar-refractivity contribution is 0.733. The number of aryl methyl sites for hydroxylation is 2. The van der Waals surface area contributed by atoms with Gasteiger partial charge in [0.1, 0.15) is 12.1 Å². The van der Waals surface area contributed by atoms with Gasteiger partial charge in [0.05, 0.1) is 10.6 Å². The smallest absolute Gasteiger partial charge is 0.130 e. The molecule has 26 heavy (non-hydrogen) atoms. The third kappa shape index (κ3) is 3.35. The van der Waals surface area contributed by atoms with Crippen LogP contribution < -0.4 is 5.32 Å². The van der Waals surface area contributed by atoms with Crippen molar-refractivity contribution in [2.24, 2.45) is 0 Å². The standard InChI is InChI=1S/C21H22N4S/c1-3-16-11-20(26-13-16)18-12-21(24-14-23-18)22-8-9-25-15(2)10-17-6-4-5-7-19(17)25/h4-7,10-14H,3,8-9H2,1-2H3,(H,22,23,24). The second kappa shape index (κ2) is 7.30. The van der Waals surface area contributed by atoms with E-state index in [-0.39, 0.29) is 0 Å². The molecule has 0 aliphatic rings. The summed E-state index contributed by atoms with van der Waals surface area (Å²) in [5.41, 5.74) is 4.89. The number of nitrogens with one attached hydrogen (secondary N) is 1. The van der Waals surface area contributed by atoms with Crippen molar-refractivity contribution in [1.29, 1.82) is 0 Å². The third-order valence-electron chi connectivity index (χ3n) is 4.64. The molecular weight excluding hydrogens is 340 g/mol. The van der Waals surface area contributed by atoms with Crippen LogP contribution in [-0.2, 0) is 13.0 Å². The van der Waals surface area contributed by atoms with Gasteiger partial charge >= 0.3 is 0 Å². The molecule has 4 rings (SSSR count). The zero-order chi connectivity index (χ0) is 17.9. The normalized spacial score (nSPS) is 11.2. The molecule has 0 saturated carbocycles. The average Bonchev–Trinajstić information content (AvgIpc) is 3.27. The molecule has 0 amide bonds. The number of nitrogens with zero attached hydrogens (tertiary/aromatic N) is 3. The maximum atomic E-state index is 4.42. The first-order valence-electron chi connectivity index (χ1n) is 8.93. The summed E-state index contributed by atoms with van der Waals surface area (Å²) in [5, 5.41) is 6.93. The molecular formula is C21H22N4S. The molecule has 5 heteroatoms. The van der Waals surface area contributed by atoms with Gasteiger partial charge < -0.3 is 9.88 Å². The van der Waals surface area contributed by atoms with Crippen LogP contribution in [0.5, 0.6) is 0 Å². The van der Waals surface area contributed by atoms with Crippen LogP contribution in [0.15, 0.2) is 54.2 Å². The average molecular weight is 363 g/mol. The Morgan fingerprint density at radius 3 is 2.85 bits per heavy atom. The molecule has 1 N–H and O–H groups in total. The van der Waals surface area contributed by atoms with Gasteiger partial charge in [-0.25, -0.2) is 9.97 Å². The molecule has 132 valence electrons. The zero-order valence-corrected chi connectivity index (χ0v) is 15.9. The summed E-state index contributed by atoms with van der Waals surface area (Å²) in [6.45, 7) is 6.05. The molecule has 4 nitrogen and oxygen atoms in total. The Morgan fingerprint density at radius 1 is 1.12 bits per heavy atom. The maximum absolute atomic E-state index is 4.42. The van der Waals surface area contributed by atoms with E-state index in [2.05, 4.69) is 75.5 Å². The molecule has 0 radical (unpaired) electrons. The number of para-hydroxylation sites is 1. The number of hydrogen-bond donors (Lipinski definition) is 1. The first-order chi connectivity index (χ1) is 12.7. The van der Waals surface area contributed by atoms with Crippen molar-refractivity contribution < 1.29 is 0 Å². The fourth-order valence-corrected chi connectivity index (χ4v) is 4.19. The number of hydrogen-bond acceptors (Lipinski definition) is 4. The Morgan fingerprint density at radius 2 is 2.00 bits per heavy atom. The first kappa shape index (κ1) is 16.8. The second-order valence-corrected chi connectivity index (χ2v) is 7.30. The van der Waals surface area contributed by atoms with Gasteiger partial charge in [-0.2, -0.15) is 0 Å². The summed E-state index contributed by atoms with van der Waals surface area (Å²) in [6.07, 6.45) is 2.69. The minimum absolute atomic E-state index is 0.820. The summed E-state index contributed by atoms with van der Waals surface area (Å²) in [4.78, 5) is 9.99. The van der Waals surface area contributed by atoms with Crippen LogP contribution >= 0.6 is 11.3 Å². The lowest BCUT2D eigenvalue weighted by Gasteiger charge is -2.10. The highest BCUT2D eigenvalue weighted by Crippen LogP contribution is 2.26. The van der Waals surface area contributed by atoms with Crippen LogP contribution in [0.4, 0.5) is 5.82 Å². The van der Waals surface area contributed by atoms with E-state index < -0.39 is 0 Å². The van der Waals surface area contributed by atoms with E-state index in [9.17, 15) is 0 Å². The van der Waals surface area contributed by atoms with Crippen LogP contribution in [0.1, 0.15) is 18.2 Å². The van der Waals surface area contributed by atoms with Gasteiger partial charge in [0.25, 0.3) is 0 Å². The van der Waals surface area contributed by atoms with E-state index >= 15 is 0 Å². The number of benzene rings is 1. The van der Waals surface area contributed by atoms with Gasteiger partial charge in [0.2, 0.25) is 0 Å². The Kier molecular flexibility index (Phi) is 4.71. The monoisotopic (exact) mass is 362 g/mol. The first-order valence-corrected chi connectivity index (χ1v) is 9.81. The summed E-state index contributed by atoms with van der Waals surface area (Å²) < 4.78 is 2.34. The van der Waals surface area contributed by atoms with Crippen molar-refractivity contribution in [3.63, 3.8) is 0 Å². The summed E-state index contributed by atoms with van der Waals surface area (Å²) in [5.74, 6) is 0.871. The van der Waals surface area contributed by atoms with Crippen LogP contribution in [0, 0.1) is 6.92 Å². The molecule has 0 aliphatic carbocycles. The van der Waals surface area contributed by atoms with E-state index in [0.717, 1.165) is 31.0 Å². The lowest BCUT2D eigenvalue weighted by atomic mass is 10.2. The summed E-state index contributed by atoms with van der Waals surface area (Å²) in [6, 6.07) is 15.0. The van der Waals surface area contributed by atoms with Crippen LogP contribution in [0.3, 0.4) is 0 Å². The zero-order valence-electron chi connectivity index (χ0n) is 15.1. The Hall–Kier alpha value is -2.66. The highest BCUT2D eigenvalue weighted by molar-refractivity contribution is 7.13. The van der Waals surface area contributed by atoms with Crippen molar-refractivity contribution in [3.8, 4) is 10.6 Å². The lowest BCUT2D eigenvalue weighted by Crippen LogP contribution is -2.12. The van der Waals surface area contributed by atoms with Gasteiger partial charge in [-0.3, -0.25) is 0 Å². The molecule has 1 aromatic carbocycles. The number of anilines is 1. The van der Waals surface area contributed by atoms with Gasteiger partial charge in [-0.1, -0.05) is 25.1 Å². The minimum Gasteiger partial charge on any atom is -0.368 e. The van der Waals surface area contributed by atoms with E-state index in [1.165, 1.54) is 27.0 Å². The van der Waals surface area contributed by atoms with Gasteiger partial charge in [0.15, 0.2) is 0 Å². The van der Waals surface area contributed by atoms with E-state index in [1.807, 2.05) is 6.07 Å². The van der Waals surface area contributed by atoms with E-state index in [1.54, 1.807) is 17.7 Å². The van der Waals surface area contributed by atoms with Crippen molar-refractivity contribution in [2.45, 2.75) is 26.8 Å². The number of fused-ring (bicyclic) bond motifs is 1. The van der Waals surface area contributed by atoms with Crippen LogP contribution in [0.2, 0.25) is 0 Å². The number of aromatic nitrogens is 3. The quantitative estimate of drug-likeness (QED) is 0.516. The van der Waals surface area contributed by atoms with Crippen molar-refractivity contribution in [1.82, 2.24) is 14.5 Å². The van der Waals surface area contributed by atoms with Gasteiger partial charge in [-0.15, -0.1) is 11.3 Å². The predicted molar refractivity (Wildman–Crippen MR) is 110 cm³/mol. The van der Waals surface area contributed by atoms with Crippen LogP contribution in [-0.4, -0.2) is 21.1 Å². The van der Waals surface area contributed by atoms with E-state index in [4.69, 9.17) is 0 Å². The van der Waals surface area contributed by atoms with E-state index in [0.29, 0.717) is 0 Å². The molecule has 0 fully saturated rings. The predicted octanol–water partition coefficient (Wildman–Crippen LogP) is 5.14. The van der Waals surface area contributed by atoms with Gasteiger partial charge in [0, 0.05) is 30.4 Å². The van der Waals surface area contributed by atoms with Crippen LogP contribution in [0.25, 0.3) is 21.5 Å². The van der Waals surface area contributed by atoms with Crippen molar-refractivity contribution in [3.05, 3.63) is 65.4 Å².